The summed E-state index contributed by atoms with van der Waals surface area (Å²) in [5, 5.41) is 12.6. The van der Waals surface area contributed by atoms with Crippen LogP contribution in [0.2, 0.25) is 0 Å². The number of carbonyl (C=O) groups excluding carboxylic acids is 1. The highest BCUT2D eigenvalue weighted by atomic mass is 32.1. The molecular formula is C26H25N5OS. The van der Waals surface area contributed by atoms with Crippen molar-refractivity contribution < 1.29 is 4.79 Å². The van der Waals surface area contributed by atoms with Crippen LogP contribution in [0.15, 0.2) is 66.7 Å². The van der Waals surface area contributed by atoms with Gasteiger partial charge in [-0.3, -0.25) is 14.5 Å². The van der Waals surface area contributed by atoms with Gasteiger partial charge in [0.2, 0.25) is 5.91 Å². The Morgan fingerprint density at radius 3 is 2.55 bits per heavy atom. The van der Waals surface area contributed by atoms with Crippen LogP contribution in [0.4, 0.5) is 5.69 Å². The molecule has 2 aromatic heterocycles. The predicted octanol–water partition coefficient (Wildman–Crippen LogP) is 6.07. The lowest BCUT2D eigenvalue weighted by molar-refractivity contribution is -0.116. The molecule has 0 saturated carbocycles. The molecule has 0 radical (unpaired) electrons. The number of aromatic amines is 1. The van der Waals surface area contributed by atoms with Crippen LogP contribution >= 0.6 is 12.2 Å². The van der Waals surface area contributed by atoms with Crippen LogP contribution in [0.25, 0.3) is 33.2 Å². The average Bonchev–Trinajstić information content (AvgIpc) is 3.35. The quantitative estimate of drug-likeness (QED) is 0.305. The topological polar surface area (TPSA) is 67.6 Å². The molecular weight excluding hydrogens is 430 g/mol. The Morgan fingerprint density at radius 2 is 1.76 bits per heavy atom. The van der Waals surface area contributed by atoms with Gasteiger partial charge in [-0.25, -0.2) is 0 Å². The molecule has 0 aliphatic heterocycles. The molecule has 2 heterocycles. The molecule has 0 aliphatic carbocycles. The molecule has 166 valence electrons. The molecule has 2 N–H and O–H groups in total. The summed E-state index contributed by atoms with van der Waals surface area (Å²) in [7, 11) is 0. The van der Waals surface area contributed by atoms with Crippen LogP contribution in [-0.4, -0.2) is 25.2 Å². The lowest BCUT2D eigenvalue weighted by Crippen LogP contribution is -2.15. The molecule has 6 nitrogen and oxygen atoms in total. The van der Waals surface area contributed by atoms with Gasteiger partial charge in [-0.2, -0.15) is 5.10 Å². The minimum Gasteiger partial charge on any atom is -0.341 e. The number of carbonyl (C=O) groups is 1. The fraction of sp³-hybridized carbons (Fsp3) is 0.192. The van der Waals surface area contributed by atoms with E-state index in [1.807, 2.05) is 47.9 Å². The second-order valence-electron chi connectivity index (χ2n) is 8.16. The number of H-pyrrole nitrogens is 1. The number of amides is 1. The van der Waals surface area contributed by atoms with Crippen LogP contribution in [0.5, 0.6) is 0 Å². The van der Waals surface area contributed by atoms with E-state index >= 15 is 0 Å². The second-order valence-corrected chi connectivity index (χ2v) is 8.55. The number of aryl methyl sites for hydroxylation is 2. The Balaban J connectivity index is 1.35. The lowest BCUT2D eigenvalue weighted by atomic mass is 10.1. The van der Waals surface area contributed by atoms with E-state index in [0.717, 1.165) is 29.0 Å². The number of nitrogens with one attached hydrogen (secondary N) is 2. The SMILES string of the molecule is CCn1c2ccccc2c2cc(NC(=O)CCn3c(-c4ccc(C)cc4)n[nH]c3=S)ccc21. The van der Waals surface area contributed by atoms with Crippen molar-refractivity contribution in [3.05, 3.63) is 77.1 Å². The fourth-order valence-corrected chi connectivity index (χ4v) is 4.58. The van der Waals surface area contributed by atoms with E-state index in [4.69, 9.17) is 12.2 Å². The van der Waals surface area contributed by atoms with Crippen LogP contribution in [0.3, 0.4) is 0 Å². The molecule has 0 aliphatic rings. The van der Waals surface area contributed by atoms with Gasteiger partial charge in [-0.1, -0.05) is 48.0 Å². The van der Waals surface area contributed by atoms with Gasteiger partial charge < -0.3 is 9.88 Å². The number of aromatic nitrogens is 4. The summed E-state index contributed by atoms with van der Waals surface area (Å²) < 4.78 is 4.67. The van der Waals surface area contributed by atoms with Gasteiger partial charge in [0.05, 0.1) is 0 Å². The Bertz CT molecular complexity index is 1520. The molecule has 7 heteroatoms. The lowest BCUT2D eigenvalue weighted by Gasteiger charge is -2.09. The van der Waals surface area contributed by atoms with Crippen LogP contribution in [0, 0.1) is 11.7 Å². The molecule has 0 saturated heterocycles. The zero-order chi connectivity index (χ0) is 22.9. The molecule has 0 fully saturated rings. The van der Waals surface area contributed by atoms with Crippen LogP contribution in [-0.2, 0) is 17.9 Å². The maximum atomic E-state index is 12.8. The van der Waals surface area contributed by atoms with E-state index < -0.39 is 0 Å². The van der Waals surface area contributed by atoms with Crippen molar-refractivity contribution in [1.29, 1.82) is 0 Å². The van der Waals surface area contributed by atoms with Crippen molar-refractivity contribution in [1.82, 2.24) is 19.3 Å². The number of nitrogens with zero attached hydrogens (tertiary/aromatic N) is 3. The number of hydrogen-bond donors (Lipinski definition) is 2. The number of fused-ring (bicyclic) bond motifs is 3. The van der Waals surface area contributed by atoms with Crippen molar-refractivity contribution >= 4 is 45.6 Å². The highest BCUT2D eigenvalue weighted by Crippen LogP contribution is 2.31. The Morgan fingerprint density at radius 1 is 1.00 bits per heavy atom. The Kier molecular flexibility index (Phi) is 5.56. The number of rotatable bonds is 6. The minimum absolute atomic E-state index is 0.0634. The van der Waals surface area contributed by atoms with Gasteiger partial charge in [0, 0.05) is 52.6 Å². The standard InChI is InChI=1S/C26H25N5OS/c1-3-30-22-7-5-4-6-20(22)21-16-19(12-13-23(21)30)27-24(32)14-15-31-25(28-29-26(31)33)18-10-8-17(2)9-11-18/h4-13,16H,3,14-15H2,1-2H3,(H,27,32)(H,29,33). The summed E-state index contributed by atoms with van der Waals surface area (Å²) in [4.78, 5) is 12.8. The fourth-order valence-electron chi connectivity index (χ4n) is 4.36. The molecule has 0 atom stereocenters. The summed E-state index contributed by atoms with van der Waals surface area (Å²) >= 11 is 5.40. The number of benzene rings is 3. The van der Waals surface area contributed by atoms with E-state index in [0.29, 0.717) is 17.7 Å². The van der Waals surface area contributed by atoms with Crippen molar-refractivity contribution in [2.45, 2.75) is 33.4 Å². The van der Waals surface area contributed by atoms with E-state index in [9.17, 15) is 4.79 Å². The third kappa shape index (κ3) is 3.96. The molecule has 33 heavy (non-hydrogen) atoms. The number of anilines is 1. The third-order valence-corrected chi connectivity index (χ3v) is 6.31. The first-order valence-electron chi connectivity index (χ1n) is 11.1. The molecule has 5 aromatic rings. The normalized spacial score (nSPS) is 11.3. The van der Waals surface area contributed by atoms with Gasteiger partial charge in [-0.05, 0) is 50.3 Å². The number of hydrogen-bond acceptors (Lipinski definition) is 3. The zero-order valence-electron chi connectivity index (χ0n) is 18.6. The molecule has 3 aromatic carbocycles. The highest BCUT2D eigenvalue weighted by Gasteiger charge is 2.13. The largest absolute Gasteiger partial charge is 0.341 e. The van der Waals surface area contributed by atoms with Gasteiger partial charge in [0.1, 0.15) is 0 Å². The van der Waals surface area contributed by atoms with Crippen molar-refractivity contribution in [2.24, 2.45) is 0 Å². The Labute approximate surface area is 196 Å². The van der Waals surface area contributed by atoms with Crippen molar-refractivity contribution in [3.63, 3.8) is 0 Å². The molecule has 0 spiro atoms. The maximum Gasteiger partial charge on any atom is 0.226 e. The monoisotopic (exact) mass is 455 g/mol. The van der Waals surface area contributed by atoms with Crippen molar-refractivity contribution in [3.8, 4) is 11.4 Å². The van der Waals surface area contributed by atoms with E-state index in [-0.39, 0.29) is 5.91 Å². The van der Waals surface area contributed by atoms with Gasteiger partial charge in [0.15, 0.2) is 10.6 Å². The van der Waals surface area contributed by atoms with Gasteiger partial charge in [0.25, 0.3) is 0 Å². The average molecular weight is 456 g/mol. The second kappa shape index (κ2) is 8.67. The first-order chi connectivity index (χ1) is 16.0. The van der Waals surface area contributed by atoms with Crippen LogP contribution < -0.4 is 5.32 Å². The van der Waals surface area contributed by atoms with Crippen molar-refractivity contribution in [2.75, 3.05) is 5.32 Å². The molecule has 5 rings (SSSR count). The van der Waals surface area contributed by atoms with Gasteiger partial charge >= 0.3 is 0 Å². The predicted molar refractivity (Wildman–Crippen MR) is 136 cm³/mol. The summed E-state index contributed by atoms with van der Waals surface area (Å²) in [5.41, 5.74) is 5.31. The summed E-state index contributed by atoms with van der Waals surface area (Å²) in [6, 6.07) is 22.6. The molecule has 0 unspecified atom stereocenters. The first-order valence-corrected chi connectivity index (χ1v) is 11.5. The third-order valence-electron chi connectivity index (χ3n) is 6.00. The zero-order valence-corrected chi connectivity index (χ0v) is 19.4. The van der Waals surface area contributed by atoms with E-state index in [1.54, 1.807) is 0 Å². The van der Waals surface area contributed by atoms with E-state index in [1.165, 1.54) is 22.0 Å². The first kappa shape index (κ1) is 21.2. The van der Waals surface area contributed by atoms with E-state index in [2.05, 4.69) is 57.3 Å². The minimum atomic E-state index is -0.0634. The van der Waals surface area contributed by atoms with Crippen LogP contribution in [0.1, 0.15) is 18.9 Å². The summed E-state index contributed by atoms with van der Waals surface area (Å²) in [6.45, 7) is 5.53. The molecule has 0 bridgehead atoms. The molecule has 1 amide bonds. The maximum absolute atomic E-state index is 12.8. The van der Waals surface area contributed by atoms with Gasteiger partial charge in [-0.15, -0.1) is 0 Å². The summed E-state index contributed by atoms with van der Waals surface area (Å²) in [6.07, 6.45) is 0.293. The Hall–Kier alpha value is -3.71. The number of para-hydroxylation sites is 1. The highest BCUT2D eigenvalue weighted by molar-refractivity contribution is 7.71. The smallest absolute Gasteiger partial charge is 0.226 e. The summed E-state index contributed by atoms with van der Waals surface area (Å²) in [5.74, 6) is 0.674.